The maximum atomic E-state index is 12.9. The van der Waals surface area contributed by atoms with Gasteiger partial charge in [0.1, 0.15) is 11.4 Å². The number of anilines is 1. The van der Waals surface area contributed by atoms with E-state index in [-0.39, 0.29) is 17.4 Å². The number of hydrogen-bond donors (Lipinski definition) is 3. The van der Waals surface area contributed by atoms with Crippen molar-refractivity contribution in [2.45, 2.75) is 38.1 Å². The van der Waals surface area contributed by atoms with E-state index in [1.165, 1.54) is 24.3 Å². The molecule has 2 fully saturated rings. The Morgan fingerprint density at radius 2 is 1.79 bits per heavy atom. The van der Waals surface area contributed by atoms with Crippen LogP contribution < -0.4 is 16.1 Å². The van der Waals surface area contributed by atoms with E-state index in [2.05, 4.69) is 23.0 Å². The number of amides is 5. The SMILES string of the molecule is CC1CCC2(CC1)NC(=O)N(NC(=O)CSCC(=O)Nc1ccc(F)cc1)C2=O. The zero-order chi connectivity index (χ0) is 21.0. The first kappa shape index (κ1) is 21.1. The van der Waals surface area contributed by atoms with Gasteiger partial charge < -0.3 is 10.6 Å². The van der Waals surface area contributed by atoms with Crippen molar-refractivity contribution in [2.24, 2.45) is 5.92 Å². The van der Waals surface area contributed by atoms with Crippen molar-refractivity contribution < 1.29 is 23.6 Å². The predicted molar refractivity (Wildman–Crippen MR) is 106 cm³/mol. The summed E-state index contributed by atoms with van der Waals surface area (Å²) in [6.07, 6.45) is 2.80. The highest BCUT2D eigenvalue weighted by Gasteiger charge is 2.52. The fourth-order valence-electron chi connectivity index (χ4n) is 3.44. The van der Waals surface area contributed by atoms with Crippen LogP contribution in [-0.4, -0.2) is 45.8 Å². The molecule has 0 radical (unpaired) electrons. The highest BCUT2D eigenvalue weighted by molar-refractivity contribution is 8.00. The summed E-state index contributed by atoms with van der Waals surface area (Å²) < 4.78 is 12.9. The number of halogens is 1. The topological polar surface area (TPSA) is 108 Å². The van der Waals surface area contributed by atoms with Crippen LogP contribution in [0.3, 0.4) is 0 Å². The van der Waals surface area contributed by atoms with Gasteiger partial charge in [-0.2, -0.15) is 5.01 Å². The van der Waals surface area contributed by atoms with Gasteiger partial charge in [0.05, 0.1) is 11.5 Å². The second kappa shape index (κ2) is 8.81. The molecule has 1 aromatic rings. The van der Waals surface area contributed by atoms with Crippen LogP contribution >= 0.6 is 11.8 Å². The average Bonchev–Trinajstić information content (AvgIpc) is 2.90. The molecule has 1 aromatic carbocycles. The van der Waals surface area contributed by atoms with Gasteiger partial charge in [-0.1, -0.05) is 6.92 Å². The van der Waals surface area contributed by atoms with Crippen LogP contribution in [0.15, 0.2) is 24.3 Å². The van der Waals surface area contributed by atoms with Crippen LogP contribution in [0, 0.1) is 11.7 Å². The summed E-state index contributed by atoms with van der Waals surface area (Å²) in [4.78, 5) is 48.8. The summed E-state index contributed by atoms with van der Waals surface area (Å²) >= 11 is 1.04. The molecule has 29 heavy (non-hydrogen) atoms. The molecule has 5 amide bonds. The molecule has 1 heterocycles. The minimum absolute atomic E-state index is 0.00718. The molecular formula is C19H23FN4O4S. The molecule has 0 unspecified atom stereocenters. The first-order valence-corrected chi connectivity index (χ1v) is 10.5. The number of nitrogens with one attached hydrogen (secondary N) is 3. The second-order valence-corrected chi connectivity index (χ2v) is 8.40. The fraction of sp³-hybridized carbons (Fsp3) is 0.474. The number of urea groups is 1. The van der Waals surface area contributed by atoms with Crippen LogP contribution in [0.2, 0.25) is 0 Å². The minimum atomic E-state index is -0.918. The smallest absolute Gasteiger partial charge is 0.325 e. The molecule has 0 atom stereocenters. The third-order valence-corrected chi connectivity index (χ3v) is 6.05. The fourth-order valence-corrected chi connectivity index (χ4v) is 4.05. The Morgan fingerprint density at radius 3 is 2.45 bits per heavy atom. The van der Waals surface area contributed by atoms with Crippen molar-refractivity contribution >= 4 is 41.2 Å². The summed E-state index contributed by atoms with van der Waals surface area (Å²) in [7, 11) is 0. The molecule has 0 aromatic heterocycles. The first-order chi connectivity index (χ1) is 13.8. The van der Waals surface area contributed by atoms with E-state index < -0.39 is 29.2 Å². The van der Waals surface area contributed by atoms with Crippen molar-refractivity contribution in [3.05, 3.63) is 30.1 Å². The van der Waals surface area contributed by atoms with Gasteiger partial charge in [0, 0.05) is 5.69 Å². The number of rotatable bonds is 6. The maximum absolute atomic E-state index is 12.9. The molecule has 1 spiro atoms. The Bertz CT molecular complexity index is 809. The zero-order valence-electron chi connectivity index (χ0n) is 16.0. The molecule has 2 aliphatic rings. The van der Waals surface area contributed by atoms with E-state index in [1.807, 2.05) is 0 Å². The summed E-state index contributed by atoms with van der Waals surface area (Å²) in [5.41, 5.74) is 1.86. The van der Waals surface area contributed by atoms with Gasteiger partial charge in [-0.15, -0.1) is 11.8 Å². The highest BCUT2D eigenvalue weighted by Crippen LogP contribution is 2.35. The van der Waals surface area contributed by atoms with Crippen LogP contribution in [0.4, 0.5) is 14.9 Å². The molecule has 1 saturated heterocycles. The average molecular weight is 422 g/mol. The lowest BCUT2D eigenvalue weighted by atomic mass is 9.77. The number of imide groups is 1. The van der Waals surface area contributed by atoms with Gasteiger partial charge in [-0.3, -0.25) is 19.8 Å². The van der Waals surface area contributed by atoms with E-state index in [0.717, 1.165) is 29.6 Å². The van der Waals surface area contributed by atoms with Crippen molar-refractivity contribution in [3.8, 4) is 0 Å². The minimum Gasteiger partial charge on any atom is -0.325 e. The Balaban J connectivity index is 1.43. The van der Waals surface area contributed by atoms with Gasteiger partial charge in [0.25, 0.3) is 5.91 Å². The molecule has 10 heteroatoms. The largest absolute Gasteiger partial charge is 0.344 e. The van der Waals surface area contributed by atoms with E-state index >= 15 is 0 Å². The number of benzene rings is 1. The number of carbonyl (C=O) groups excluding carboxylic acids is 4. The zero-order valence-corrected chi connectivity index (χ0v) is 16.8. The third-order valence-electron chi connectivity index (χ3n) is 5.12. The molecule has 8 nitrogen and oxygen atoms in total. The monoisotopic (exact) mass is 422 g/mol. The summed E-state index contributed by atoms with van der Waals surface area (Å²) in [6.45, 7) is 2.11. The van der Waals surface area contributed by atoms with Crippen LogP contribution in [-0.2, 0) is 14.4 Å². The molecule has 3 rings (SSSR count). The molecule has 156 valence electrons. The summed E-state index contributed by atoms with van der Waals surface area (Å²) in [5.74, 6) is -1.33. The van der Waals surface area contributed by atoms with E-state index in [9.17, 15) is 23.6 Å². The number of hydrazine groups is 1. The quantitative estimate of drug-likeness (QED) is 0.608. The number of nitrogens with zero attached hydrogens (tertiary/aromatic N) is 1. The van der Waals surface area contributed by atoms with Crippen molar-refractivity contribution in [2.75, 3.05) is 16.8 Å². The normalized spacial score (nSPS) is 23.8. The van der Waals surface area contributed by atoms with E-state index in [4.69, 9.17) is 0 Å². The van der Waals surface area contributed by atoms with Crippen molar-refractivity contribution in [3.63, 3.8) is 0 Å². The van der Waals surface area contributed by atoms with E-state index in [1.54, 1.807) is 0 Å². The van der Waals surface area contributed by atoms with Crippen molar-refractivity contribution in [1.29, 1.82) is 0 Å². The van der Waals surface area contributed by atoms with Gasteiger partial charge in [0.15, 0.2) is 0 Å². The number of thioether (sulfide) groups is 1. The molecule has 1 aliphatic heterocycles. The second-order valence-electron chi connectivity index (χ2n) is 7.42. The molecule has 3 N–H and O–H groups in total. The molecular weight excluding hydrogens is 399 g/mol. The number of hydrogen-bond acceptors (Lipinski definition) is 5. The Hall–Kier alpha value is -2.62. The summed E-state index contributed by atoms with van der Waals surface area (Å²) in [5, 5.41) is 6.06. The van der Waals surface area contributed by atoms with Crippen LogP contribution in [0.25, 0.3) is 0 Å². The van der Waals surface area contributed by atoms with E-state index in [0.29, 0.717) is 24.4 Å². The first-order valence-electron chi connectivity index (χ1n) is 9.38. The lowest BCUT2D eigenvalue weighted by Gasteiger charge is -2.33. The molecule has 0 bridgehead atoms. The Morgan fingerprint density at radius 1 is 1.17 bits per heavy atom. The Kier molecular flexibility index (Phi) is 6.41. The molecule has 1 saturated carbocycles. The van der Waals surface area contributed by atoms with Gasteiger partial charge in [-0.25, -0.2) is 9.18 Å². The Labute approximate surface area is 171 Å². The third kappa shape index (κ3) is 5.06. The lowest BCUT2D eigenvalue weighted by Crippen LogP contribution is -2.51. The van der Waals surface area contributed by atoms with Crippen LogP contribution in [0.1, 0.15) is 32.6 Å². The number of carbonyl (C=O) groups is 4. The van der Waals surface area contributed by atoms with Gasteiger partial charge in [-0.05, 0) is 55.9 Å². The standard InChI is InChI=1S/C19H23FN4O4S/c1-12-6-8-19(9-7-12)17(27)24(18(28)22-19)23-16(26)11-29-10-15(25)21-14-4-2-13(20)3-5-14/h2-5,12H,6-11H2,1H3,(H,21,25)(H,22,28)(H,23,26). The lowest BCUT2D eigenvalue weighted by molar-refractivity contribution is -0.139. The summed E-state index contributed by atoms with van der Waals surface area (Å²) in [6, 6.07) is 4.70. The van der Waals surface area contributed by atoms with Gasteiger partial charge in [0.2, 0.25) is 11.8 Å². The highest BCUT2D eigenvalue weighted by atomic mass is 32.2. The van der Waals surface area contributed by atoms with Crippen LogP contribution in [0.5, 0.6) is 0 Å². The van der Waals surface area contributed by atoms with Crippen molar-refractivity contribution in [1.82, 2.24) is 15.8 Å². The predicted octanol–water partition coefficient (Wildman–Crippen LogP) is 2.03. The van der Waals surface area contributed by atoms with Gasteiger partial charge >= 0.3 is 6.03 Å². The molecule has 1 aliphatic carbocycles. The maximum Gasteiger partial charge on any atom is 0.344 e.